The molecule has 1 unspecified atom stereocenters. The van der Waals surface area contributed by atoms with Gasteiger partial charge in [0.05, 0.1) is 23.1 Å². The molecule has 3 rings (SSSR count). The number of urea groups is 1. The Labute approximate surface area is 161 Å². The van der Waals surface area contributed by atoms with Gasteiger partial charge in [-0.3, -0.25) is 0 Å². The molecule has 0 aliphatic carbocycles. The molecule has 26 heavy (non-hydrogen) atoms. The Morgan fingerprint density at radius 2 is 2.04 bits per heavy atom. The van der Waals surface area contributed by atoms with Gasteiger partial charge in [0.25, 0.3) is 0 Å². The molecule has 0 bridgehead atoms. The molecule has 1 aliphatic heterocycles. The third-order valence-corrected chi connectivity index (χ3v) is 6.24. The van der Waals surface area contributed by atoms with Gasteiger partial charge in [0, 0.05) is 23.9 Å². The fourth-order valence-electron chi connectivity index (χ4n) is 2.99. The molecule has 2 heterocycles. The Hall–Kier alpha value is -1.86. The van der Waals surface area contributed by atoms with Crippen LogP contribution >= 0.6 is 23.4 Å². The number of hydrogen-bond acceptors (Lipinski definition) is 4. The largest absolute Gasteiger partial charge is 0.325 e. The SMILES string of the molecule is CC(F)(Sc1ccccc1Cl)C1CCN(C(=O)Nc2ccnnc2)CC1. The van der Waals surface area contributed by atoms with E-state index in [4.69, 9.17) is 11.6 Å². The summed E-state index contributed by atoms with van der Waals surface area (Å²) in [6, 6.07) is 8.76. The highest BCUT2D eigenvalue weighted by Gasteiger charge is 2.38. The number of amides is 2. The van der Waals surface area contributed by atoms with Gasteiger partial charge in [-0.05, 0) is 38.0 Å². The van der Waals surface area contributed by atoms with Gasteiger partial charge in [-0.25, -0.2) is 9.18 Å². The van der Waals surface area contributed by atoms with E-state index in [2.05, 4.69) is 15.5 Å². The van der Waals surface area contributed by atoms with Gasteiger partial charge in [-0.1, -0.05) is 35.5 Å². The van der Waals surface area contributed by atoms with Crippen LogP contribution in [0, 0.1) is 5.92 Å². The quantitative estimate of drug-likeness (QED) is 0.753. The number of likely N-dealkylation sites (tertiary alicyclic amines) is 1. The van der Waals surface area contributed by atoms with Crippen molar-refractivity contribution in [3.05, 3.63) is 47.7 Å². The van der Waals surface area contributed by atoms with E-state index in [1.165, 1.54) is 12.4 Å². The van der Waals surface area contributed by atoms with Gasteiger partial charge >= 0.3 is 6.03 Å². The number of carbonyl (C=O) groups is 1. The average molecular weight is 395 g/mol. The second kappa shape index (κ2) is 8.22. The van der Waals surface area contributed by atoms with Gasteiger partial charge < -0.3 is 10.2 Å². The standard InChI is InChI=1S/C18H20ClFN4OS/c1-18(20,26-16-5-3-2-4-15(16)19)13-7-10-24(11-8-13)17(25)23-14-6-9-21-22-12-14/h2-6,9,12-13H,7-8,10-11H2,1H3,(H,21,23,25). The predicted octanol–water partition coefficient (Wildman–Crippen LogP) is 4.85. The molecule has 0 radical (unpaired) electrons. The minimum absolute atomic E-state index is 0.143. The summed E-state index contributed by atoms with van der Waals surface area (Å²) in [5.74, 6) is -0.143. The van der Waals surface area contributed by atoms with E-state index < -0.39 is 5.00 Å². The van der Waals surface area contributed by atoms with Crippen LogP contribution in [0.25, 0.3) is 0 Å². The Bertz CT molecular complexity index is 754. The first kappa shape index (κ1) is 18.9. The molecule has 5 nitrogen and oxygen atoms in total. The molecule has 0 saturated carbocycles. The lowest BCUT2D eigenvalue weighted by Gasteiger charge is -2.37. The van der Waals surface area contributed by atoms with Crippen LogP contribution in [0.1, 0.15) is 19.8 Å². The molecule has 1 N–H and O–H groups in total. The molecule has 1 atom stereocenters. The first-order valence-corrected chi connectivity index (χ1v) is 9.60. The molecule has 1 aromatic heterocycles. The monoisotopic (exact) mass is 394 g/mol. The number of nitrogens with one attached hydrogen (secondary N) is 1. The van der Waals surface area contributed by atoms with Crippen LogP contribution in [0.4, 0.5) is 14.9 Å². The van der Waals surface area contributed by atoms with Crippen LogP contribution in [0.15, 0.2) is 47.6 Å². The van der Waals surface area contributed by atoms with Crippen LogP contribution in [-0.4, -0.2) is 39.2 Å². The van der Waals surface area contributed by atoms with E-state index in [0.717, 1.165) is 16.7 Å². The number of anilines is 1. The molecule has 1 aliphatic rings. The summed E-state index contributed by atoms with van der Waals surface area (Å²) in [6.07, 6.45) is 4.21. The van der Waals surface area contributed by atoms with E-state index >= 15 is 4.39 Å². The van der Waals surface area contributed by atoms with Crippen LogP contribution in [0.5, 0.6) is 0 Å². The molecule has 0 spiro atoms. The lowest BCUT2D eigenvalue weighted by atomic mass is 9.92. The molecule has 2 aromatic rings. The minimum Gasteiger partial charge on any atom is -0.325 e. The maximum absolute atomic E-state index is 15.3. The second-order valence-electron chi connectivity index (χ2n) is 6.34. The van der Waals surface area contributed by atoms with E-state index in [0.29, 0.717) is 36.6 Å². The first-order valence-electron chi connectivity index (χ1n) is 8.41. The molecule has 138 valence electrons. The highest BCUT2D eigenvalue weighted by Crippen LogP contribution is 2.45. The number of aromatic nitrogens is 2. The number of nitrogens with zero attached hydrogens (tertiary/aromatic N) is 3. The van der Waals surface area contributed by atoms with Crippen molar-refractivity contribution in [2.45, 2.75) is 29.7 Å². The highest BCUT2D eigenvalue weighted by atomic mass is 35.5. The number of rotatable bonds is 4. The summed E-state index contributed by atoms with van der Waals surface area (Å²) < 4.78 is 15.3. The minimum atomic E-state index is -1.44. The van der Waals surface area contributed by atoms with Crippen molar-refractivity contribution < 1.29 is 9.18 Å². The number of benzene rings is 1. The summed E-state index contributed by atoms with van der Waals surface area (Å²) in [6.45, 7) is 2.62. The Balaban J connectivity index is 1.55. The molecule has 1 saturated heterocycles. The van der Waals surface area contributed by atoms with Crippen molar-refractivity contribution in [3.63, 3.8) is 0 Å². The van der Waals surface area contributed by atoms with E-state index in [1.807, 2.05) is 18.2 Å². The topological polar surface area (TPSA) is 58.1 Å². The zero-order valence-corrected chi connectivity index (χ0v) is 15.9. The number of hydrogen-bond donors (Lipinski definition) is 1. The molecule has 2 amide bonds. The normalized spacial score (nSPS) is 17.6. The molecular formula is C18H20ClFN4OS. The average Bonchev–Trinajstić information content (AvgIpc) is 2.64. The number of halogens is 2. The van der Waals surface area contributed by atoms with Crippen molar-refractivity contribution in [3.8, 4) is 0 Å². The number of thioether (sulfide) groups is 1. The van der Waals surface area contributed by atoms with Crippen molar-refractivity contribution in [2.24, 2.45) is 5.92 Å². The molecule has 8 heteroatoms. The summed E-state index contributed by atoms with van der Waals surface area (Å²) in [5.41, 5.74) is 0.594. The fraction of sp³-hybridized carbons (Fsp3) is 0.389. The maximum Gasteiger partial charge on any atom is 0.321 e. The molecule has 1 aromatic carbocycles. The molecule has 1 fully saturated rings. The zero-order valence-electron chi connectivity index (χ0n) is 14.4. The summed E-state index contributed by atoms with van der Waals surface area (Å²) in [7, 11) is 0. The van der Waals surface area contributed by atoms with Crippen molar-refractivity contribution >= 4 is 35.1 Å². The summed E-state index contributed by atoms with van der Waals surface area (Å²) >= 11 is 7.31. The van der Waals surface area contributed by atoms with E-state index in [9.17, 15) is 4.79 Å². The van der Waals surface area contributed by atoms with Gasteiger partial charge in [-0.15, -0.1) is 0 Å². The van der Waals surface area contributed by atoms with Crippen molar-refractivity contribution in [2.75, 3.05) is 18.4 Å². The van der Waals surface area contributed by atoms with Gasteiger partial charge in [0.1, 0.15) is 0 Å². The summed E-state index contributed by atoms with van der Waals surface area (Å²) in [4.78, 5) is 14.8. The van der Waals surface area contributed by atoms with Crippen LogP contribution < -0.4 is 5.32 Å². The lowest BCUT2D eigenvalue weighted by molar-refractivity contribution is 0.124. The fourth-order valence-corrected chi connectivity index (χ4v) is 4.39. The van der Waals surface area contributed by atoms with Gasteiger partial charge in [0.2, 0.25) is 0 Å². The number of alkyl halides is 1. The van der Waals surface area contributed by atoms with Crippen LogP contribution in [0.3, 0.4) is 0 Å². The third-order valence-electron chi connectivity index (χ3n) is 4.49. The highest BCUT2D eigenvalue weighted by molar-refractivity contribution is 8.00. The van der Waals surface area contributed by atoms with Gasteiger partial charge in [0.15, 0.2) is 5.00 Å². The smallest absolute Gasteiger partial charge is 0.321 e. The van der Waals surface area contributed by atoms with E-state index in [1.54, 1.807) is 24.0 Å². The maximum atomic E-state index is 15.3. The Kier molecular flexibility index (Phi) is 5.98. The molecular weight excluding hydrogens is 375 g/mol. The summed E-state index contributed by atoms with van der Waals surface area (Å²) in [5, 5.41) is 9.30. The second-order valence-corrected chi connectivity index (χ2v) is 8.19. The number of piperidine rings is 1. The van der Waals surface area contributed by atoms with Crippen molar-refractivity contribution in [1.29, 1.82) is 0 Å². The van der Waals surface area contributed by atoms with Crippen molar-refractivity contribution in [1.82, 2.24) is 15.1 Å². The Morgan fingerprint density at radius 1 is 1.31 bits per heavy atom. The van der Waals surface area contributed by atoms with Gasteiger partial charge in [-0.2, -0.15) is 10.2 Å². The number of carbonyl (C=O) groups excluding carboxylic acids is 1. The Morgan fingerprint density at radius 3 is 2.69 bits per heavy atom. The van der Waals surface area contributed by atoms with Crippen LogP contribution in [-0.2, 0) is 0 Å². The van der Waals surface area contributed by atoms with Crippen LogP contribution in [0.2, 0.25) is 5.02 Å². The zero-order chi connectivity index (χ0) is 18.6. The third kappa shape index (κ3) is 4.65. The van der Waals surface area contributed by atoms with E-state index in [-0.39, 0.29) is 11.9 Å². The predicted molar refractivity (Wildman–Crippen MR) is 102 cm³/mol. The lowest BCUT2D eigenvalue weighted by Crippen LogP contribution is -2.44. The first-order chi connectivity index (χ1) is 12.5.